The Bertz CT molecular complexity index is 701. The summed E-state index contributed by atoms with van der Waals surface area (Å²) in [4.78, 5) is 23.0. The van der Waals surface area contributed by atoms with Crippen LogP contribution in [-0.2, 0) is 0 Å². The second-order valence-corrected chi connectivity index (χ2v) is 5.48. The second-order valence-electron chi connectivity index (χ2n) is 5.04. The Balaban J connectivity index is 1.86. The van der Waals surface area contributed by atoms with E-state index in [1.165, 1.54) is 6.92 Å². The van der Waals surface area contributed by atoms with E-state index in [-0.39, 0.29) is 12.3 Å². The van der Waals surface area contributed by atoms with E-state index < -0.39 is 12.1 Å². The fraction of sp³-hybridized carbons (Fsp3) is 0.176. The third-order valence-corrected chi connectivity index (χ3v) is 3.47. The van der Waals surface area contributed by atoms with Crippen LogP contribution in [0, 0.1) is 0 Å². The van der Waals surface area contributed by atoms with Gasteiger partial charge in [-0.3, -0.25) is 4.79 Å². The van der Waals surface area contributed by atoms with Crippen molar-refractivity contribution in [3.05, 3.63) is 64.7 Å². The maximum absolute atomic E-state index is 11.8. The molecule has 2 aromatic carbocycles. The van der Waals surface area contributed by atoms with Crippen molar-refractivity contribution in [3.63, 3.8) is 0 Å². The Morgan fingerprint density at radius 2 is 1.87 bits per heavy atom. The van der Waals surface area contributed by atoms with Crippen molar-refractivity contribution < 1.29 is 14.7 Å². The van der Waals surface area contributed by atoms with Crippen LogP contribution in [-0.4, -0.2) is 23.5 Å². The van der Waals surface area contributed by atoms with E-state index in [1.54, 1.807) is 48.5 Å². The van der Waals surface area contributed by atoms with Crippen molar-refractivity contribution in [2.75, 3.05) is 11.9 Å². The van der Waals surface area contributed by atoms with Gasteiger partial charge in [-0.1, -0.05) is 23.7 Å². The molecule has 6 heteroatoms. The van der Waals surface area contributed by atoms with Crippen LogP contribution in [0.4, 0.5) is 10.5 Å². The summed E-state index contributed by atoms with van der Waals surface area (Å²) in [6.45, 7) is 1.53. The summed E-state index contributed by atoms with van der Waals surface area (Å²) in [5.41, 5.74) is 1.76. The Morgan fingerprint density at radius 3 is 2.48 bits per heavy atom. The molecule has 5 nitrogen and oxygen atoms in total. The molecule has 0 spiro atoms. The highest BCUT2D eigenvalue weighted by Gasteiger charge is 2.10. The molecular formula is C17H17ClN2O3. The van der Waals surface area contributed by atoms with Gasteiger partial charge in [0.25, 0.3) is 0 Å². The fourth-order valence-electron chi connectivity index (χ4n) is 1.98. The second kappa shape index (κ2) is 7.76. The van der Waals surface area contributed by atoms with Crippen LogP contribution in [0.15, 0.2) is 48.5 Å². The zero-order chi connectivity index (χ0) is 16.8. The zero-order valence-corrected chi connectivity index (χ0v) is 13.3. The maximum Gasteiger partial charge on any atom is 0.319 e. The van der Waals surface area contributed by atoms with E-state index in [4.69, 9.17) is 11.6 Å². The van der Waals surface area contributed by atoms with Crippen LogP contribution < -0.4 is 10.6 Å². The van der Waals surface area contributed by atoms with Crippen LogP contribution in [0.5, 0.6) is 0 Å². The Morgan fingerprint density at radius 1 is 1.17 bits per heavy atom. The van der Waals surface area contributed by atoms with Crippen molar-refractivity contribution in [1.29, 1.82) is 0 Å². The number of ketones is 1. The van der Waals surface area contributed by atoms with Gasteiger partial charge in [0.05, 0.1) is 6.10 Å². The molecule has 0 radical (unpaired) electrons. The summed E-state index contributed by atoms with van der Waals surface area (Å²) in [5.74, 6) is -0.0364. The number of Topliss-reactive ketones (excluding diaryl/α,β-unsaturated/α-hetero) is 1. The monoisotopic (exact) mass is 332 g/mol. The first-order valence-electron chi connectivity index (χ1n) is 7.05. The average molecular weight is 333 g/mol. The number of hydrogen-bond acceptors (Lipinski definition) is 3. The largest absolute Gasteiger partial charge is 0.387 e. The molecule has 0 aliphatic carbocycles. The fourth-order valence-corrected chi connectivity index (χ4v) is 2.18. The Labute approximate surface area is 139 Å². The van der Waals surface area contributed by atoms with Gasteiger partial charge >= 0.3 is 6.03 Å². The van der Waals surface area contributed by atoms with Gasteiger partial charge in [-0.2, -0.15) is 0 Å². The number of urea groups is 1. The maximum atomic E-state index is 11.8. The first kappa shape index (κ1) is 17.0. The summed E-state index contributed by atoms with van der Waals surface area (Å²) in [7, 11) is 0. The number of hydrogen-bond donors (Lipinski definition) is 3. The van der Waals surface area contributed by atoms with Crippen molar-refractivity contribution in [2.24, 2.45) is 0 Å². The van der Waals surface area contributed by atoms with E-state index in [1.807, 2.05) is 0 Å². The number of aliphatic hydroxyl groups is 1. The van der Waals surface area contributed by atoms with Gasteiger partial charge in [-0.05, 0) is 48.9 Å². The number of amides is 2. The molecule has 120 valence electrons. The van der Waals surface area contributed by atoms with E-state index in [0.717, 1.165) is 0 Å². The quantitative estimate of drug-likeness (QED) is 0.734. The lowest BCUT2D eigenvalue weighted by atomic mass is 10.1. The molecule has 0 fully saturated rings. The number of carbonyl (C=O) groups excluding carboxylic acids is 2. The summed E-state index contributed by atoms with van der Waals surface area (Å²) >= 11 is 5.86. The van der Waals surface area contributed by atoms with Crippen molar-refractivity contribution >= 4 is 29.1 Å². The predicted molar refractivity (Wildman–Crippen MR) is 89.9 cm³/mol. The molecule has 2 rings (SSSR count). The minimum Gasteiger partial charge on any atom is -0.387 e. The summed E-state index contributed by atoms with van der Waals surface area (Å²) in [5, 5.41) is 15.7. The van der Waals surface area contributed by atoms with Crippen molar-refractivity contribution in [1.82, 2.24) is 5.32 Å². The zero-order valence-electron chi connectivity index (χ0n) is 12.5. The normalized spacial score (nSPS) is 11.6. The number of rotatable bonds is 5. The number of nitrogens with one attached hydrogen (secondary N) is 2. The van der Waals surface area contributed by atoms with E-state index in [2.05, 4.69) is 10.6 Å². The number of carbonyl (C=O) groups is 2. The van der Waals surface area contributed by atoms with Gasteiger partial charge in [-0.15, -0.1) is 0 Å². The molecule has 3 N–H and O–H groups in total. The lowest BCUT2D eigenvalue weighted by molar-refractivity contribution is 0.101. The molecule has 0 aromatic heterocycles. The molecule has 23 heavy (non-hydrogen) atoms. The SMILES string of the molecule is CC(=O)c1ccc(NC(=O)NC[C@@H](O)c2cccc(Cl)c2)cc1. The van der Waals surface area contributed by atoms with Gasteiger partial charge in [0.1, 0.15) is 0 Å². The molecule has 0 saturated carbocycles. The first-order chi connectivity index (χ1) is 11.0. The third-order valence-electron chi connectivity index (χ3n) is 3.24. The van der Waals surface area contributed by atoms with E-state index in [0.29, 0.717) is 21.8 Å². The highest BCUT2D eigenvalue weighted by molar-refractivity contribution is 6.30. The molecule has 0 unspecified atom stereocenters. The summed E-state index contributed by atoms with van der Waals surface area (Å²) in [6, 6.07) is 12.9. The van der Waals surface area contributed by atoms with Crippen LogP contribution >= 0.6 is 11.6 Å². The molecular weight excluding hydrogens is 316 g/mol. The standard InChI is InChI=1S/C17H17ClN2O3/c1-11(21)12-5-7-15(8-6-12)20-17(23)19-10-16(22)13-3-2-4-14(18)9-13/h2-9,16,22H,10H2,1H3,(H2,19,20,23)/t16-/m1/s1. The number of benzene rings is 2. The van der Waals surface area contributed by atoms with Gasteiger partial charge in [0, 0.05) is 22.8 Å². The Kier molecular flexibility index (Phi) is 5.73. The molecule has 2 amide bonds. The smallest absolute Gasteiger partial charge is 0.319 e. The first-order valence-corrected chi connectivity index (χ1v) is 7.43. The van der Waals surface area contributed by atoms with Crippen molar-refractivity contribution in [2.45, 2.75) is 13.0 Å². The van der Waals surface area contributed by atoms with Crippen LogP contribution in [0.25, 0.3) is 0 Å². The summed E-state index contributed by atoms with van der Waals surface area (Å²) in [6.07, 6.45) is -0.848. The minimum absolute atomic E-state index is 0.0364. The van der Waals surface area contributed by atoms with E-state index in [9.17, 15) is 14.7 Å². The third kappa shape index (κ3) is 5.09. The summed E-state index contributed by atoms with van der Waals surface area (Å²) < 4.78 is 0. The number of aliphatic hydroxyl groups excluding tert-OH is 1. The number of halogens is 1. The Hall–Kier alpha value is -2.37. The highest BCUT2D eigenvalue weighted by atomic mass is 35.5. The van der Waals surface area contributed by atoms with E-state index >= 15 is 0 Å². The minimum atomic E-state index is -0.848. The van der Waals surface area contributed by atoms with Crippen LogP contribution in [0.1, 0.15) is 28.9 Å². The van der Waals surface area contributed by atoms with Gasteiger partial charge in [0.15, 0.2) is 5.78 Å². The molecule has 0 saturated heterocycles. The van der Waals surface area contributed by atoms with Gasteiger partial charge in [0.2, 0.25) is 0 Å². The molecule has 0 aliphatic heterocycles. The number of anilines is 1. The predicted octanol–water partition coefficient (Wildman–Crippen LogP) is 3.40. The van der Waals surface area contributed by atoms with Crippen LogP contribution in [0.3, 0.4) is 0 Å². The van der Waals surface area contributed by atoms with Crippen LogP contribution in [0.2, 0.25) is 5.02 Å². The lowest BCUT2D eigenvalue weighted by Gasteiger charge is -2.13. The van der Waals surface area contributed by atoms with Gasteiger partial charge in [-0.25, -0.2) is 4.79 Å². The molecule has 2 aromatic rings. The average Bonchev–Trinajstić information content (AvgIpc) is 2.53. The van der Waals surface area contributed by atoms with Crippen molar-refractivity contribution in [3.8, 4) is 0 Å². The molecule has 0 heterocycles. The molecule has 0 aliphatic rings. The lowest BCUT2D eigenvalue weighted by Crippen LogP contribution is -2.32. The topological polar surface area (TPSA) is 78.4 Å². The molecule has 0 bridgehead atoms. The molecule has 1 atom stereocenters. The van der Waals surface area contributed by atoms with Gasteiger partial charge < -0.3 is 15.7 Å². The highest BCUT2D eigenvalue weighted by Crippen LogP contribution is 2.17.